The molecular formula is C12H14N4OS. The van der Waals surface area contributed by atoms with Gasteiger partial charge in [-0.2, -0.15) is 5.26 Å². The molecule has 1 aromatic rings. The maximum atomic E-state index is 11.9. The average Bonchev–Trinajstić information content (AvgIpc) is 2.90. The third kappa shape index (κ3) is 2.93. The molecule has 0 saturated carbocycles. The van der Waals surface area contributed by atoms with Crippen molar-refractivity contribution in [1.82, 2.24) is 9.88 Å². The van der Waals surface area contributed by atoms with Crippen LogP contribution in [0.5, 0.6) is 0 Å². The van der Waals surface area contributed by atoms with Crippen molar-refractivity contribution in [2.75, 3.05) is 24.6 Å². The Kier molecular flexibility index (Phi) is 4.05. The van der Waals surface area contributed by atoms with Gasteiger partial charge in [0.25, 0.3) is 0 Å². The Bertz CT molecular complexity index is 491. The van der Waals surface area contributed by atoms with Gasteiger partial charge in [0.05, 0.1) is 23.2 Å². The third-order valence-electron chi connectivity index (χ3n) is 2.78. The zero-order valence-electron chi connectivity index (χ0n) is 9.93. The zero-order chi connectivity index (χ0) is 13.0. The Morgan fingerprint density at radius 2 is 2.28 bits per heavy atom. The molecule has 2 heterocycles. The summed E-state index contributed by atoms with van der Waals surface area (Å²) in [7, 11) is 0. The van der Waals surface area contributed by atoms with E-state index in [4.69, 9.17) is 11.0 Å². The Labute approximate surface area is 110 Å². The molecule has 1 amide bonds. The molecule has 0 aromatic carbocycles. The maximum absolute atomic E-state index is 11.9. The van der Waals surface area contributed by atoms with E-state index in [0.29, 0.717) is 22.0 Å². The van der Waals surface area contributed by atoms with Crippen LogP contribution < -0.4 is 5.73 Å². The number of aromatic nitrogens is 1. The summed E-state index contributed by atoms with van der Waals surface area (Å²) in [5.74, 6) is 0.436. The van der Waals surface area contributed by atoms with Crippen LogP contribution in [0.25, 0.3) is 0 Å². The highest BCUT2D eigenvalue weighted by Crippen LogP contribution is 2.22. The van der Waals surface area contributed by atoms with Gasteiger partial charge in [-0.25, -0.2) is 4.98 Å². The van der Waals surface area contributed by atoms with E-state index in [-0.39, 0.29) is 5.91 Å². The number of thioether (sulfide) groups is 1. The second-order valence-electron chi connectivity index (χ2n) is 4.11. The molecule has 0 aliphatic carbocycles. The predicted molar refractivity (Wildman–Crippen MR) is 69.9 cm³/mol. The molecule has 2 rings (SSSR count). The van der Waals surface area contributed by atoms with Crippen molar-refractivity contribution in [1.29, 1.82) is 5.26 Å². The normalized spacial score (nSPS) is 14.5. The lowest BCUT2D eigenvalue weighted by atomic mass is 10.3. The Morgan fingerprint density at radius 1 is 1.56 bits per heavy atom. The minimum absolute atomic E-state index is 0.111. The summed E-state index contributed by atoms with van der Waals surface area (Å²) in [6.45, 7) is 1.69. The molecule has 0 bridgehead atoms. The van der Waals surface area contributed by atoms with E-state index >= 15 is 0 Å². The van der Waals surface area contributed by atoms with Gasteiger partial charge < -0.3 is 10.6 Å². The van der Waals surface area contributed by atoms with E-state index in [0.717, 1.165) is 25.9 Å². The fraction of sp³-hybridized carbons (Fsp3) is 0.417. The topological polar surface area (TPSA) is 83.0 Å². The molecule has 0 spiro atoms. The lowest BCUT2D eigenvalue weighted by molar-refractivity contribution is -0.127. The number of amides is 1. The van der Waals surface area contributed by atoms with Crippen LogP contribution in [0.1, 0.15) is 18.4 Å². The summed E-state index contributed by atoms with van der Waals surface area (Å²) < 4.78 is 0. The number of rotatable bonds is 3. The molecule has 1 aliphatic heterocycles. The van der Waals surface area contributed by atoms with Crippen LogP contribution in [-0.2, 0) is 4.79 Å². The monoisotopic (exact) mass is 262 g/mol. The van der Waals surface area contributed by atoms with Crippen molar-refractivity contribution >= 4 is 23.4 Å². The molecule has 0 atom stereocenters. The molecule has 1 aromatic heterocycles. The Morgan fingerprint density at radius 3 is 2.94 bits per heavy atom. The number of likely N-dealkylation sites (tertiary alicyclic amines) is 1. The van der Waals surface area contributed by atoms with Gasteiger partial charge in [-0.15, -0.1) is 0 Å². The minimum atomic E-state index is 0.111. The van der Waals surface area contributed by atoms with Crippen LogP contribution in [0, 0.1) is 11.3 Å². The third-order valence-corrected chi connectivity index (χ3v) is 3.77. The molecule has 0 unspecified atom stereocenters. The van der Waals surface area contributed by atoms with E-state index in [1.165, 1.54) is 18.0 Å². The number of pyridine rings is 1. The summed E-state index contributed by atoms with van der Waals surface area (Å²) in [6.07, 6.45) is 3.67. The molecule has 0 radical (unpaired) electrons. The molecule has 18 heavy (non-hydrogen) atoms. The van der Waals surface area contributed by atoms with Gasteiger partial charge in [0.15, 0.2) is 0 Å². The first-order chi connectivity index (χ1) is 8.70. The number of nitrogen functional groups attached to an aromatic ring is 1. The minimum Gasteiger partial charge on any atom is -0.397 e. The van der Waals surface area contributed by atoms with Crippen molar-refractivity contribution in [2.45, 2.75) is 17.9 Å². The van der Waals surface area contributed by atoms with Crippen molar-refractivity contribution in [3.05, 3.63) is 17.8 Å². The number of carbonyl (C=O) groups is 1. The highest BCUT2D eigenvalue weighted by molar-refractivity contribution is 7.99. The number of anilines is 1. The van der Waals surface area contributed by atoms with Crippen LogP contribution in [0.4, 0.5) is 5.69 Å². The molecule has 5 nitrogen and oxygen atoms in total. The first-order valence-electron chi connectivity index (χ1n) is 5.77. The van der Waals surface area contributed by atoms with Gasteiger partial charge in [0.2, 0.25) is 5.91 Å². The zero-order valence-corrected chi connectivity index (χ0v) is 10.7. The van der Waals surface area contributed by atoms with Crippen LogP contribution in [-0.4, -0.2) is 34.6 Å². The van der Waals surface area contributed by atoms with Crippen molar-refractivity contribution in [2.24, 2.45) is 0 Å². The SMILES string of the molecule is N#Cc1cc(N)cnc1SCC(=O)N1CCCC1. The van der Waals surface area contributed by atoms with Gasteiger partial charge in [-0.3, -0.25) is 4.79 Å². The fourth-order valence-electron chi connectivity index (χ4n) is 1.85. The number of hydrogen-bond acceptors (Lipinski definition) is 5. The van der Waals surface area contributed by atoms with E-state index in [2.05, 4.69) is 4.98 Å². The predicted octanol–water partition coefficient (Wildman–Crippen LogP) is 1.25. The summed E-state index contributed by atoms with van der Waals surface area (Å²) in [6, 6.07) is 3.62. The number of nitrogens with two attached hydrogens (primary N) is 1. The number of nitriles is 1. The molecule has 94 valence electrons. The molecule has 1 fully saturated rings. The summed E-state index contributed by atoms with van der Waals surface area (Å²) >= 11 is 1.29. The molecular weight excluding hydrogens is 248 g/mol. The van der Waals surface area contributed by atoms with E-state index in [1.54, 1.807) is 6.07 Å². The van der Waals surface area contributed by atoms with Crippen molar-refractivity contribution in [3.63, 3.8) is 0 Å². The second kappa shape index (κ2) is 5.74. The molecule has 1 saturated heterocycles. The first-order valence-corrected chi connectivity index (χ1v) is 6.75. The molecule has 1 aliphatic rings. The fourth-order valence-corrected chi connectivity index (χ4v) is 2.68. The first kappa shape index (κ1) is 12.7. The van der Waals surface area contributed by atoms with E-state index in [9.17, 15) is 4.79 Å². The summed E-state index contributed by atoms with van der Waals surface area (Å²) in [4.78, 5) is 17.8. The largest absolute Gasteiger partial charge is 0.397 e. The summed E-state index contributed by atoms with van der Waals surface area (Å²) in [5, 5.41) is 9.53. The quantitative estimate of drug-likeness (QED) is 0.829. The lowest BCUT2D eigenvalue weighted by Gasteiger charge is -2.14. The van der Waals surface area contributed by atoms with Gasteiger partial charge in [-0.05, 0) is 18.9 Å². The van der Waals surface area contributed by atoms with Gasteiger partial charge >= 0.3 is 0 Å². The van der Waals surface area contributed by atoms with E-state index in [1.807, 2.05) is 11.0 Å². The van der Waals surface area contributed by atoms with Crippen LogP contribution in [0.2, 0.25) is 0 Å². The Balaban J connectivity index is 1.97. The van der Waals surface area contributed by atoms with Gasteiger partial charge in [0.1, 0.15) is 11.1 Å². The Hall–Kier alpha value is -1.74. The number of carbonyl (C=O) groups excluding carboxylic acids is 1. The van der Waals surface area contributed by atoms with Crippen LogP contribution in [0.3, 0.4) is 0 Å². The van der Waals surface area contributed by atoms with Crippen molar-refractivity contribution < 1.29 is 4.79 Å². The summed E-state index contributed by atoms with van der Waals surface area (Å²) in [5.41, 5.74) is 6.45. The number of nitrogens with zero attached hydrogens (tertiary/aromatic N) is 3. The highest BCUT2D eigenvalue weighted by Gasteiger charge is 2.18. The smallest absolute Gasteiger partial charge is 0.232 e. The maximum Gasteiger partial charge on any atom is 0.232 e. The van der Waals surface area contributed by atoms with Crippen molar-refractivity contribution in [3.8, 4) is 6.07 Å². The molecule has 6 heteroatoms. The van der Waals surface area contributed by atoms with Gasteiger partial charge in [0, 0.05) is 13.1 Å². The second-order valence-corrected chi connectivity index (χ2v) is 5.07. The number of hydrogen-bond donors (Lipinski definition) is 1. The van der Waals surface area contributed by atoms with Crippen LogP contribution >= 0.6 is 11.8 Å². The molecule has 2 N–H and O–H groups in total. The van der Waals surface area contributed by atoms with E-state index < -0.39 is 0 Å². The lowest BCUT2D eigenvalue weighted by Crippen LogP contribution is -2.29. The van der Waals surface area contributed by atoms with Gasteiger partial charge in [-0.1, -0.05) is 11.8 Å². The highest BCUT2D eigenvalue weighted by atomic mass is 32.2. The standard InChI is InChI=1S/C12H14N4OS/c13-6-9-5-10(14)7-15-12(9)18-8-11(17)16-3-1-2-4-16/h5,7H,1-4,8,14H2. The average molecular weight is 262 g/mol. The van der Waals surface area contributed by atoms with Crippen LogP contribution in [0.15, 0.2) is 17.3 Å².